The first-order valence-corrected chi connectivity index (χ1v) is 10.4. The van der Waals surface area contributed by atoms with Crippen LogP contribution in [0.3, 0.4) is 0 Å². The average Bonchev–Trinajstić information content (AvgIpc) is 3.09. The fourth-order valence-electron chi connectivity index (χ4n) is 4.35. The van der Waals surface area contributed by atoms with Crippen molar-refractivity contribution in [1.29, 1.82) is 0 Å². The SMILES string of the molecule is CC[C@@H]1c2nnc(C)n2-c2cnc(Cl)nc2N1C1CC(OCc2ccccc2)C1. The number of fused-ring (bicyclic) bond motifs is 3. The summed E-state index contributed by atoms with van der Waals surface area (Å²) in [5.41, 5.74) is 2.10. The summed E-state index contributed by atoms with van der Waals surface area (Å²) in [7, 11) is 0. The second kappa shape index (κ2) is 7.39. The van der Waals surface area contributed by atoms with Gasteiger partial charge < -0.3 is 9.64 Å². The van der Waals surface area contributed by atoms with Crippen molar-refractivity contribution in [2.24, 2.45) is 0 Å². The fourth-order valence-corrected chi connectivity index (χ4v) is 4.48. The number of hydrogen-bond donors (Lipinski definition) is 0. The molecule has 3 aromatic rings. The third-order valence-corrected chi connectivity index (χ3v) is 6.05. The zero-order valence-electron chi connectivity index (χ0n) is 16.5. The lowest BCUT2D eigenvalue weighted by Gasteiger charge is -2.48. The number of ether oxygens (including phenoxy) is 1. The Bertz CT molecular complexity index is 1020. The molecule has 1 aliphatic heterocycles. The molecule has 5 rings (SSSR count). The second-order valence-electron chi connectivity index (χ2n) is 7.66. The normalized spacial score (nSPS) is 22.7. The van der Waals surface area contributed by atoms with Crippen LogP contribution in [-0.4, -0.2) is 36.9 Å². The van der Waals surface area contributed by atoms with Crippen LogP contribution in [0.5, 0.6) is 0 Å². The Balaban J connectivity index is 1.38. The molecule has 1 saturated carbocycles. The van der Waals surface area contributed by atoms with E-state index in [1.165, 1.54) is 5.56 Å². The van der Waals surface area contributed by atoms with E-state index in [1.807, 2.05) is 25.1 Å². The van der Waals surface area contributed by atoms with E-state index >= 15 is 0 Å². The van der Waals surface area contributed by atoms with Crippen LogP contribution < -0.4 is 4.90 Å². The molecular formula is C21H23ClN6O. The van der Waals surface area contributed by atoms with Crippen LogP contribution in [-0.2, 0) is 11.3 Å². The van der Waals surface area contributed by atoms with E-state index in [0.717, 1.165) is 42.4 Å². The number of hydrogen-bond acceptors (Lipinski definition) is 6. The van der Waals surface area contributed by atoms with Gasteiger partial charge in [-0.1, -0.05) is 37.3 Å². The average molecular weight is 411 g/mol. The number of anilines is 1. The zero-order chi connectivity index (χ0) is 20.0. The summed E-state index contributed by atoms with van der Waals surface area (Å²) in [6, 6.07) is 10.7. The maximum Gasteiger partial charge on any atom is 0.224 e. The highest BCUT2D eigenvalue weighted by Crippen LogP contribution is 2.44. The van der Waals surface area contributed by atoms with Crippen molar-refractivity contribution >= 4 is 17.4 Å². The van der Waals surface area contributed by atoms with Gasteiger partial charge in [0.2, 0.25) is 5.28 Å². The Morgan fingerprint density at radius 2 is 1.97 bits per heavy atom. The number of halogens is 1. The minimum atomic E-state index is 0.106. The van der Waals surface area contributed by atoms with Crippen molar-refractivity contribution in [3.63, 3.8) is 0 Å². The van der Waals surface area contributed by atoms with Gasteiger partial charge in [-0.05, 0) is 43.4 Å². The highest BCUT2D eigenvalue weighted by atomic mass is 35.5. The van der Waals surface area contributed by atoms with Crippen LogP contribution >= 0.6 is 11.6 Å². The Labute approximate surface area is 174 Å². The van der Waals surface area contributed by atoms with Crippen LogP contribution in [0.25, 0.3) is 5.69 Å². The molecule has 0 bridgehead atoms. The highest BCUT2D eigenvalue weighted by molar-refractivity contribution is 6.28. The number of aryl methyl sites for hydroxylation is 1. The summed E-state index contributed by atoms with van der Waals surface area (Å²) in [6.45, 7) is 4.77. The van der Waals surface area contributed by atoms with E-state index < -0.39 is 0 Å². The zero-order valence-corrected chi connectivity index (χ0v) is 17.3. The molecule has 0 amide bonds. The molecule has 0 N–H and O–H groups in total. The van der Waals surface area contributed by atoms with Gasteiger partial charge in [0.25, 0.3) is 0 Å². The van der Waals surface area contributed by atoms with Crippen LogP contribution in [0.15, 0.2) is 36.5 Å². The molecule has 1 atom stereocenters. The molecule has 2 aromatic heterocycles. The molecule has 2 aliphatic rings. The van der Waals surface area contributed by atoms with E-state index in [2.05, 4.69) is 48.7 Å². The first-order chi connectivity index (χ1) is 14.2. The van der Waals surface area contributed by atoms with Crippen LogP contribution in [0.1, 0.15) is 49.4 Å². The first-order valence-electron chi connectivity index (χ1n) is 10.0. The number of rotatable bonds is 5. The molecule has 1 aromatic carbocycles. The minimum Gasteiger partial charge on any atom is -0.373 e. The summed E-state index contributed by atoms with van der Waals surface area (Å²) in [5.74, 6) is 2.64. The molecule has 0 unspecified atom stereocenters. The first kappa shape index (κ1) is 18.5. The van der Waals surface area contributed by atoms with E-state index in [0.29, 0.717) is 12.6 Å². The molecule has 150 valence electrons. The van der Waals surface area contributed by atoms with Gasteiger partial charge in [-0.2, -0.15) is 4.98 Å². The maximum absolute atomic E-state index is 6.17. The van der Waals surface area contributed by atoms with Crippen molar-refractivity contribution in [2.45, 2.75) is 57.9 Å². The Morgan fingerprint density at radius 3 is 2.72 bits per heavy atom. The van der Waals surface area contributed by atoms with Gasteiger partial charge in [0.05, 0.1) is 24.9 Å². The van der Waals surface area contributed by atoms with Gasteiger partial charge in [0, 0.05) is 6.04 Å². The summed E-state index contributed by atoms with van der Waals surface area (Å²) >= 11 is 6.17. The molecule has 0 saturated heterocycles. The summed E-state index contributed by atoms with van der Waals surface area (Å²) in [4.78, 5) is 11.2. The molecule has 0 spiro atoms. The van der Waals surface area contributed by atoms with Crippen LogP contribution in [0, 0.1) is 6.92 Å². The van der Waals surface area contributed by atoms with Crippen molar-refractivity contribution < 1.29 is 4.74 Å². The van der Waals surface area contributed by atoms with Crippen molar-refractivity contribution in [3.8, 4) is 5.69 Å². The van der Waals surface area contributed by atoms with E-state index in [4.69, 9.17) is 16.3 Å². The van der Waals surface area contributed by atoms with Gasteiger partial charge in [0.15, 0.2) is 11.6 Å². The maximum atomic E-state index is 6.17. The molecule has 8 heteroatoms. The van der Waals surface area contributed by atoms with Gasteiger partial charge in [0.1, 0.15) is 11.5 Å². The molecule has 1 aliphatic carbocycles. The largest absolute Gasteiger partial charge is 0.373 e. The lowest BCUT2D eigenvalue weighted by atomic mass is 9.85. The standard InChI is InChI=1S/C21H23ClN6O/c1-3-17-20-26-25-13(2)27(20)18-11-23-21(22)24-19(18)28(17)15-9-16(10-15)29-12-14-7-5-4-6-8-14/h4-8,11,15-17H,3,9-10,12H2,1-2H3/t15?,16?,17-/m1/s1. The molecule has 1 fully saturated rings. The van der Waals surface area contributed by atoms with Crippen LogP contribution in [0.2, 0.25) is 5.28 Å². The third-order valence-electron chi connectivity index (χ3n) is 5.87. The highest BCUT2D eigenvalue weighted by Gasteiger charge is 2.43. The third kappa shape index (κ3) is 3.18. The van der Waals surface area contributed by atoms with E-state index in [-0.39, 0.29) is 17.4 Å². The van der Waals surface area contributed by atoms with Crippen molar-refractivity contribution in [1.82, 2.24) is 24.7 Å². The van der Waals surface area contributed by atoms with Crippen LogP contribution in [0.4, 0.5) is 5.82 Å². The lowest BCUT2D eigenvalue weighted by molar-refractivity contribution is -0.0225. The molecule has 3 heterocycles. The predicted octanol–water partition coefficient (Wildman–Crippen LogP) is 4.04. The number of aromatic nitrogens is 5. The number of benzene rings is 1. The van der Waals surface area contributed by atoms with Gasteiger partial charge in [-0.15, -0.1) is 10.2 Å². The summed E-state index contributed by atoms with van der Waals surface area (Å²) in [5, 5.41) is 9.03. The molecule has 0 radical (unpaired) electrons. The fraction of sp³-hybridized carbons (Fsp3) is 0.429. The van der Waals surface area contributed by atoms with Crippen molar-refractivity contribution in [3.05, 3.63) is 59.0 Å². The van der Waals surface area contributed by atoms with Gasteiger partial charge >= 0.3 is 0 Å². The van der Waals surface area contributed by atoms with Gasteiger partial charge in [-0.25, -0.2) is 4.98 Å². The quantitative estimate of drug-likeness (QED) is 0.591. The van der Waals surface area contributed by atoms with Crippen molar-refractivity contribution in [2.75, 3.05) is 4.90 Å². The van der Waals surface area contributed by atoms with Gasteiger partial charge in [-0.3, -0.25) is 4.57 Å². The molecule has 7 nitrogen and oxygen atoms in total. The number of nitrogens with zero attached hydrogens (tertiary/aromatic N) is 6. The topological polar surface area (TPSA) is 69.0 Å². The lowest BCUT2D eigenvalue weighted by Crippen LogP contribution is -2.52. The monoisotopic (exact) mass is 410 g/mol. The predicted molar refractivity (Wildman–Crippen MR) is 110 cm³/mol. The summed E-state index contributed by atoms with van der Waals surface area (Å²) < 4.78 is 8.17. The Hall–Kier alpha value is -2.51. The second-order valence-corrected chi connectivity index (χ2v) is 8.00. The Kier molecular flexibility index (Phi) is 4.72. The molecular weight excluding hydrogens is 388 g/mol. The van der Waals surface area contributed by atoms with E-state index in [1.54, 1.807) is 6.20 Å². The molecule has 29 heavy (non-hydrogen) atoms. The minimum absolute atomic E-state index is 0.106. The smallest absolute Gasteiger partial charge is 0.224 e. The summed E-state index contributed by atoms with van der Waals surface area (Å²) in [6.07, 6.45) is 4.84. The Morgan fingerprint density at radius 1 is 1.17 bits per heavy atom. The van der Waals surface area contributed by atoms with E-state index in [9.17, 15) is 0 Å².